The Morgan fingerprint density at radius 3 is 2.38 bits per heavy atom. The summed E-state index contributed by atoms with van der Waals surface area (Å²) >= 11 is 0. The van der Waals surface area contributed by atoms with E-state index in [1.54, 1.807) is 0 Å². The lowest BCUT2D eigenvalue weighted by molar-refractivity contribution is -0.133. The first-order chi connectivity index (χ1) is 18.1. The van der Waals surface area contributed by atoms with Gasteiger partial charge in [0.05, 0.1) is 5.69 Å². The quantitative estimate of drug-likeness (QED) is 0.420. The molecule has 8 heteroatoms. The zero-order valence-electron chi connectivity index (χ0n) is 21.2. The standard InChI is InChI=1S/C29H32N6O2/c1-31-21-24(23-10-5-6-11-26(23)31)25-20-27-34(14-7-15-35(27)30-25)29(37)13-12-28(36)33-18-16-32(17-19-33)22-8-3-2-4-9-22/h2-6,8-11,20-21H,7,12-19H2,1H3. The number of carbonyl (C=O) groups is 2. The number of aromatic nitrogens is 3. The molecule has 0 aliphatic carbocycles. The Labute approximate surface area is 216 Å². The van der Waals surface area contributed by atoms with Gasteiger partial charge in [0.1, 0.15) is 5.82 Å². The normalized spacial score (nSPS) is 15.8. The van der Waals surface area contributed by atoms with E-state index in [1.165, 1.54) is 5.69 Å². The minimum absolute atomic E-state index is 0.0124. The molecular formula is C29H32N6O2. The summed E-state index contributed by atoms with van der Waals surface area (Å²) in [5.74, 6) is 0.868. The monoisotopic (exact) mass is 496 g/mol. The second-order valence-corrected chi connectivity index (χ2v) is 9.88. The topological polar surface area (TPSA) is 66.6 Å². The third-order valence-corrected chi connectivity index (χ3v) is 7.57. The molecule has 190 valence electrons. The van der Waals surface area contributed by atoms with Crippen LogP contribution >= 0.6 is 0 Å². The molecule has 4 heterocycles. The van der Waals surface area contributed by atoms with Crippen LogP contribution in [0.4, 0.5) is 11.5 Å². The summed E-state index contributed by atoms with van der Waals surface area (Å²) < 4.78 is 4.04. The van der Waals surface area contributed by atoms with Crippen LogP contribution in [0, 0.1) is 0 Å². The van der Waals surface area contributed by atoms with Crippen LogP contribution < -0.4 is 9.80 Å². The molecule has 0 atom stereocenters. The van der Waals surface area contributed by atoms with Gasteiger partial charge in [-0.2, -0.15) is 5.10 Å². The van der Waals surface area contributed by atoms with Gasteiger partial charge in [0.25, 0.3) is 0 Å². The van der Waals surface area contributed by atoms with E-state index < -0.39 is 0 Å². The number of para-hydroxylation sites is 2. The Hall–Kier alpha value is -4.07. The van der Waals surface area contributed by atoms with Gasteiger partial charge in [-0.1, -0.05) is 36.4 Å². The Morgan fingerprint density at radius 1 is 0.838 bits per heavy atom. The van der Waals surface area contributed by atoms with Crippen molar-refractivity contribution in [1.82, 2.24) is 19.2 Å². The molecule has 8 nitrogen and oxygen atoms in total. The largest absolute Gasteiger partial charge is 0.368 e. The fourth-order valence-corrected chi connectivity index (χ4v) is 5.57. The number of amides is 2. The van der Waals surface area contributed by atoms with Crippen molar-refractivity contribution < 1.29 is 9.59 Å². The highest BCUT2D eigenvalue weighted by atomic mass is 16.2. The third-order valence-electron chi connectivity index (χ3n) is 7.57. The Kier molecular flexibility index (Phi) is 6.16. The maximum absolute atomic E-state index is 13.2. The molecule has 0 spiro atoms. The molecular weight excluding hydrogens is 464 g/mol. The molecule has 2 aromatic carbocycles. The minimum atomic E-state index is -0.0124. The third kappa shape index (κ3) is 4.48. The highest BCUT2D eigenvalue weighted by Gasteiger charge is 2.27. The van der Waals surface area contributed by atoms with Crippen LogP contribution in [-0.2, 0) is 23.2 Å². The Balaban J connectivity index is 1.10. The van der Waals surface area contributed by atoms with E-state index in [0.29, 0.717) is 19.6 Å². The summed E-state index contributed by atoms with van der Waals surface area (Å²) in [6.45, 7) is 4.44. The molecule has 6 rings (SSSR count). The number of anilines is 2. The molecule has 0 bridgehead atoms. The summed E-state index contributed by atoms with van der Waals surface area (Å²) in [5.41, 5.74) is 4.28. The highest BCUT2D eigenvalue weighted by Crippen LogP contribution is 2.33. The van der Waals surface area contributed by atoms with Gasteiger partial charge in [-0.05, 0) is 24.6 Å². The summed E-state index contributed by atoms with van der Waals surface area (Å²) in [6, 6.07) is 20.6. The smallest absolute Gasteiger partial charge is 0.228 e. The van der Waals surface area contributed by atoms with Gasteiger partial charge in [0.2, 0.25) is 11.8 Å². The highest BCUT2D eigenvalue weighted by molar-refractivity contribution is 5.98. The molecule has 1 saturated heterocycles. The van der Waals surface area contributed by atoms with E-state index in [-0.39, 0.29) is 24.7 Å². The molecule has 0 radical (unpaired) electrons. The predicted octanol–water partition coefficient (Wildman–Crippen LogP) is 3.91. The first-order valence-corrected chi connectivity index (χ1v) is 13.1. The summed E-state index contributed by atoms with van der Waals surface area (Å²) in [6.07, 6.45) is 3.41. The van der Waals surface area contributed by atoms with Crippen LogP contribution in [0.2, 0.25) is 0 Å². The van der Waals surface area contributed by atoms with Crippen LogP contribution in [-0.4, -0.2) is 63.8 Å². The van der Waals surface area contributed by atoms with Crippen molar-refractivity contribution in [3.8, 4) is 11.3 Å². The lowest BCUT2D eigenvalue weighted by atomic mass is 10.1. The molecule has 2 aromatic heterocycles. The average molecular weight is 497 g/mol. The maximum atomic E-state index is 13.2. The maximum Gasteiger partial charge on any atom is 0.228 e. The molecule has 0 N–H and O–H groups in total. The van der Waals surface area contributed by atoms with E-state index >= 15 is 0 Å². The number of nitrogens with zero attached hydrogens (tertiary/aromatic N) is 6. The van der Waals surface area contributed by atoms with Crippen molar-refractivity contribution in [2.24, 2.45) is 7.05 Å². The molecule has 0 saturated carbocycles. The van der Waals surface area contributed by atoms with E-state index in [1.807, 2.05) is 57.9 Å². The van der Waals surface area contributed by atoms with Crippen molar-refractivity contribution in [3.63, 3.8) is 0 Å². The minimum Gasteiger partial charge on any atom is -0.368 e. The SMILES string of the molecule is Cn1cc(-c2cc3n(n2)CCCN3C(=O)CCC(=O)N2CCN(c3ccccc3)CC2)c2ccccc21. The van der Waals surface area contributed by atoms with Gasteiger partial charge in [0.15, 0.2) is 0 Å². The van der Waals surface area contributed by atoms with Gasteiger partial charge in [-0.15, -0.1) is 0 Å². The molecule has 4 aromatic rings. The van der Waals surface area contributed by atoms with E-state index in [0.717, 1.165) is 54.0 Å². The molecule has 37 heavy (non-hydrogen) atoms. The second-order valence-electron chi connectivity index (χ2n) is 9.88. The number of aryl methyl sites for hydroxylation is 2. The number of hydrogen-bond donors (Lipinski definition) is 0. The Bertz CT molecular complexity index is 1430. The molecule has 2 aliphatic rings. The first kappa shape index (κ1) is 23.3. The number of benzene rings is 2. The van der Waals surface area contributed by atoms with Crippen LogP contribution in [0.3, 0.4) is 0 Å². The summed E-state index contributed by atoms with van der Waals surface area (Å²) in [4.78, 5) is 32.2. The van der Waals surface area contributed by atoms with Crippen LogP contribution in [0.25, 0.3) is 22.2 Å². The average Bonchev–Trinajstić information content (AvgIpc) is 3.53. The molecule has 2 aliphatic heterocycles. The zero-order valence-corrected chi connectivity index (χ0v) is 21.2. The fraction of sp³-hybridized carbons (Fsp3) is 0.345. The molecule has 1 fully saturated rings. The second kappa shape index (κ2) is 9.76. The Morgan fingerprint density at radius 2 is 1.57 bits per heavy atom. The number of fused-ring (bicyclic) bond motifs is 2. The molecule has 0 unspecified atom stereocenters. The van der Waals surface area contributed by atoms with Crippen molar-refractivity contribution in [2.45, 2.75) is 25.8 Å². The summed E-state index contributed by atoms with van der Waals surface area (Å²) in [5, 5.41) is 6.00. The van der Waals surface area contributed by atoms with Crippen molar-refractivity contribution in [2.75, 3.05) is 42.5 Å². The molecule has 2 amide bonds. The lowest BCUT2D eigenvalue weighted by Crippen LogP contribution is -2.49. The van der Waals surface area contributed by atoms with Crippen molar-refractivity contribution in [1.29, 1.82) is 0 Å². The van der Waals surface area contributed by atoms with Gasteiger partial charge in [-0.3, -0.25) is 14.5 Å². The number of carbonyl (C=O) groups excluding carboxylic acids is 2. The first-order valence-electron chi connectivity index (χ1n) is 13.1. The fourth-order valence-electron chi connectivity index (χ4n) is 5.57. The summed E-state index contributed by atoms with van der Waals surface area (Å²) in [7, 11) is 2.04. The van der Waals surface area contributed by atoms with E-state index in [4.69, 9.17) is 5.10 Å². The zero-order chi connectivity index (χ0) is 25.4. The lowest BCUT2D eigenvalue weighted by Gasteiger charge is -2.36. The van der Waals surface area contributed by atoms with Crippen LogP contribution in [0.1, 0.15) is 19.3 Å². The van der Waals surface area contributed by atoms with Gasteiger partial charge in [0, 0.05) is 93.6 Å². The van der Waals surface area contributed by atoms with Gasteiger partial charge >= 0.3 is 0 Å². The predicted molar refractivity (Wildman–Crippen MR) is 146 cm³/mol. The van der Waals surface area contributed by atoms with Gasteiger partial charge < -0.3 is 14.4 Å². The van der Waals surface area contributed by atoms with Crippen LogP contribution in [0.15, 0.2) is 66.9 Å². The van der Waals surface area contributed by atoms with E-state index in [2.05, 4.69) is 39.9 Å². The van der Waals surface area contributed by atoms with Crippen LogP contribution in [0.5, 0.6) is 0 Å². The van der Waals surface area contributed by atoms with E-state index in [9.17, 15) is 9.59 Å². The number of rotatable bonds is 5. The van der Waals surface area contributed by atoms with Gasteiger partial charge in [-0.25, -0.2) is 4.68 Å². The number of piperazine rings is 1. The van der Waals surface area contributed by atoms with Crippen molar-refractivity contribution >= 4 is 34.2 Å². The van der Waals surface area contributed by atoms with Crippen molar-refractivity contribution in [3.05, 3.63) is 66.9 Å². The number of hydrogen-bond acceptors (Lipinski definition) is 4.